The number of benzene rings is 4. The largest absolute Gasteiger partial charge is 0.322 e. The zero-order chi connectivity index (χ0) is 25.8. The lowest BCUT2D eigenvalue weighted by molar-refractivity contribution is 0.102. The summed E-state index contributed by atoms with van der Waals surface area (Å²) in [5, 5.41) is 2.63. The van der Waals surface area contributed by atoms with Crippen molar-refractivity contribution in [2.24, 2.45) is 0 Å². The molecule has 0 aromatic heterocycles. The Morgan fingerprint density at radius 2 is 1.11 bits per heavy atom. The van der Waals surface area contributed by atoms with Gasteiger partial charge >= 0.3 is 0 Å². The molecule has 0 fully saturated rings. The van der Waals surface area contributed by atoms with Gasteiger partial charge in [-0.15, -0.1) is 0 Å². The van der Waals surface area contributed by atoms with Crippen LogP contribution in [0.4, 0.5) is 21.5 Å². The van der Waals surface area contributed by atoms with Crippen molar-refractivity contribution in [1.82, 2.24) is 0 Å². The summed E-state index contributed by atoms with van der Waals surface area (Å²) in [6.45, 7) is 0. The highest BCUT2D eigenvalue weighted by molar-refractivity contribution is 7.93. The first-order valence-electron chi connectivity index (χ1n) is 10.5. The first kappa shape index (κ1) is 24.9. The van der Waals surface area contributed by atoms with Crippen LogP contribution in [-0.2, 0) is 20.0 Å². The molecule has 0 bridgehead atoms. The van der Waals surface area contributed by atoms with Gasteiger partial charge in [0.25, 0.3) is 26.0 Å². The molecule has 4 aromatic carbocycles. The molecule has 4 rings (SSSR count). The Labute approximate surface area is 207 Å². The average Bonchev–Trinajstić information content (AvgIpc) is 2.86. The van der Waals surface area contributed by atoms with Gasteiger partial charge in [-0.05, 0) is 72.8 Å². The zero-order valence-corrected chi connectivity index (χ0v) is 20.2. The Hall–Kier alpha value is -4.22. The number of sulfonamides is 2. The van der Waals surface area contributed by atoms with E-state index in [1.807, 2.05) is 0 Å². The molecule has 11 heteroatoms. The minimum Gasteiger partial charge on any atom is -0.322 e. The standard InChI is InChI=1S/C25H20FN3O5S2/c26-18-10-12-20(13-11-18)28-35(31,32)22-16-14-19(15-17-22)27-25(30)23-8-4-5-9-24(23)29-36(33,34)21-6-2-1-3-7-21/h1-17,28-29H,(H,27,30). The summed E-state index contributed by atoms with van der Waals surface area (Å²) in [7, 11) is -7.86. The second-order valence-corrected chi connectivity index (χ2v) is 10.9. The van der Waals surface area contributed by atoms with Gasteiger partial charge in [-0.25, -0.2) is 21.2 Å². The molecule has 0 saturated heterocycles. The van der Waals surface area contributed by atoms with Crippen LogP contribution in [0.2, 0.25) is 0 Å². The van der Waals surface area contributed by atoms with E-state index in [9.17, 15) is 26.0 Å². The van der Waals surface area contributed by atoms with Gasteiger partial charge in [-0.2, -0.15) is 0 Å². The van der Waals surface area contributed by atoms with Crippen molar-refractivity contribution in [3.63, 3.8) is 0 Å². The molecule has 4 aromatic rings. The predicted octanol–water partition coefficient (Wildman–Crippen LogP) is 4.68. The van der Waals surface area contributed by atoms with E-state index in [0.717, 1.165) is 12.1 Å². The fourth-order valence-electron chi connectivity index (χ4n) is 3.22. The van der Waals surface area contributed by atoms with Gasteiger partial charge in [0.15, 0.2) is 0 Å². The number of anilines is 3. The molecule has 0 heterocycles. The predicted molar refractivity (Wildman–Crippen MR) is 135 cm³/mol. The van der Waals surface area contributed by atoms with Gasteiger partial charge in [0.2, 0.25) is 0 Å². The number of rotatable bonds is 8. The molecular weight excluding hydrogens is 505 g/mol. The number of hydrogen-bond acceptors (Lipinski definition) is 5. The van der Waals surface area contributed by atoms with Crippen molar-refractivity contribution < 1.29 is 26.0 Å². The maximum absolute atomic E-state index is 13.1. The number of nitrogens with one attached hydrogen (secondary N) is 3. The zero-order valence-electron chi connectivity index (χ0n) is 18.6. The Morgan fingerprint density at radius 1 is 0.583 bits per heavy atom. The maximum atomic E-state index is 13.1. The monoisotopic (exact) mass is 525 g/mol. The molecule has 184 valence electrons. The highest BCUT2D eigenvalue weighted by Crippen LogP contribution is 2.23. The van der Waals surface area contributed by atoms with Gasteiger partial charge < -0.3 is 5.32 Å². The van der Waals surface area contributed by atoms with Crippen LogP contribution >= 0.6 is 0 Å². The molecular formula is C25H20FN3O5S2. The summed E-state index contributed by atoms with van der Waals surface area (Å²) in [5.74, 6) is -1.09. The summed E-state index contributed by atoms with van der Waals surface area (Å²) in [5.41, 5.74) is 0.651. The first-order chi connectivity index (χ1) is 17.1. The summed E-state index contributed by atoms with van der Waals surface area (Å²) >= 11 is 0. The number of carbonyl (C=O) groups excluding carboxylic acids is 1. The Bertz CT molecular complexity index is 1590. The summed E-state index contributed by atoms with van der Waals surface area (Å²) in [6.07, 6.45) is 0. The molecule has 36 heavy (non-hydrogen) atoms. The van der Waals surface area contributed by atoms with E-state index < -0.39 is 31.8 Å². The lowest BCUT2D eigenvalue weighted by atomic mass is 10.1. The lowest BCUT2D eigenvalue weighted by Crippen LogP contribution is -2.18. The molecule has 8 nitrogen and oxygen atoms in total. The van der Waals surface area contributed by atoms with Gasteiger partial charge in [-0.3, -0.25) is 14.2 Å². The maximum Gasteiger partial charge on any atom is 0.261 e. The second kappa shape index (κ2) is 10.2. The lowest BCUT2D eigenvalue weighted by Gasteiger charge is -2.13. The van der Waals surface area contributed by atoms with Crippen LogP contribution < -0.4 is 14.8 Å². The molecule has 1 amide bonds. The van der Waals surface area contributed by atoms with Crippen LogP contribution in [0.1, 0.15) is 10.4 Å². The topological polar surface area (TPSA) is 121 Å². The molecule has 0 spiro atoms. The van der Waals surface area contributed by atoms with Gasteiger partial charge in [0.05, 0.1) is 21.0 Å². The smallest absolute Gasteiger partial charge is 0.261 e. The first-order valence-corrected chi connectivity index (χ1v) is 13.5. The number of para-hydroxylation sites is 1. The Morgan fingerprint density at radius 3 is 1.78 bits per heavy atom. The van der Waals surface area contributed by atoms with E-state index in [4.69, 9.17) is 0 Å². The summed E-state index contributed by atoms with van der Waals surface area (Å²) < 4.78 is 68.4. The highest BCUT2D eigenvalue weighted by atomic mass is 32.2. The van der Waals surface area contributed by atoms with Crippen LogP contribution in [0.3, 0.4) is 0 Å². The molecule has 3 N–H and O–H groups in total. The van der Waals surface area contributed by atoms with E-state index in [1.165, 1.54) is 60.7 Å². The number of halogens is 1. The Kier molecular flexibility index (Phi) is 7.04. The van der Waals surface area contributed by atoms with E-state index >= 15 is 0 Å². The van der Waals surface area contributed by atoms with Crippen LogP contribution in [-0.4, -0.2) is 22.7 Å². The third kappa shape index (κ3) is 5.88. The SMILES string of the molecule is O=C(Nc1ccc(S(=O)(=O)Nc2ccc(F)cc2)cc1)c1ccccc1NS(=O)(=O)c1ccccc1. The third-order valence-electron chi connectivity index (χ3n) is 4.99. The van der Waals surface area contributed by atoms with Crippen LogP contribution in [0.15, 0.2) is 113 Å². The summed E-state index contributed by atoms with van der Waals surface area (Å²) in [4.78, 5) is 12.9. The van der Waals surface area contributed by atoms with Crippen LogP contribution in [0.5, 0.6) is 0 Å². The molecule has 0 atom stereocenters. The van der Waals surface area contributed by atoms with Crippen LogP contribution in [0, 0.1) is 5.82 Å². The van der Waals surface area contributed by atoms with Crippen molar-refractivity contribution in [3.8, 4) is 0 Å². The molecule has 0 aliphatic rings. The summed E-state index contributed by atoms with van der Waals surface area (Å²) in [6, 6.07) is 24.1. The van der Waals surface area contributed by atoms with Gasteiger partial charge in [0, 0.05) is 11.4 Å². The Balaban J connectivity index is 1.49. The molecule has 0 aliphatic heterocycles. The fraction of sp³-hybridized carbons (Fsp3) is 0. The van der Waals surface area contributed by atoms with Crippen molar-refractivity contribution in [1.29, 1.82) is 0 Å². The van der Waals surface area contributed by atoms with E-state index in [0.29, 0.717) is 5.69 Å². The number of hydrogen-bond donors (Lipinski definition) is 3. The normalized spacial score (nSPS) is 11.5. The average molecular weight is 526 g/mol. The molecule has 0 unspecified atom stereocenters. The quantitative estimate of drug-likeness (QED) is 0.308. The van der Waals surface area contributed by atoms with E-state index in [2.05, 4.69) is 14.8 Å². The third-order valence-corrected chi connectivity index (χ3v) is 7.77. The van der Waals surface area contributed by atoms with E-state index in [-0.39, 0.29) is 26.7 Å². The highest BCUT2D eigenvalue weighted by Gasteiger charge is 2.19. The molecule has 0 aliphatic carbocycles. The van der Waals surface area contributed by atoms with Crippen LogP contribution in [0.25, 0.3) is 0 Å². The van der Waals surface area contributed by atoms with Crippen molar-refractivity contribution in [3.05, 3.63) is 115 Å². The van der Waals surface area contributed by atoms with Crippen molar-refractivity contribution in [2.45, 2.75) is 9.79 Å². The van der Waals surface area contributed by atoms with Gasteiger partial charge in [0.1, 0.15) is 5.82 Å². The minimum atomic E-state index is -3.94. The molecule has 0 saturated carbocycles. The molecule has 0 radical (unpaired) electrons. The van der Waals surface area contributed by atoms with Crippen molar-refractivity contribution >= 4 is 43.0 Å². The second-order valence-electron chi connectivity index (χ2n) is 7.56. The fourth-order valence-corrected chi connectivity index (χ4v) is 5.38. The van der Waals surface area contributed by atoms with Crippen molar-refractivity contribution in [2.75, 3.05) is 14.8 Å². The van der Waals surface area contributed by atoms with E-state index in [1.54, 1.807) is 30.3 Å². The van der Waals surface area contributed by atoms with Gasteiger partial charge in [-0.1, -0.05) is 30.3 Å². The minimum absolute atomic E-state index is 0.0475. The number of amides is 1. The number of carbonyl (C=O) groups is 1.